The molecule has 2 saturated heterocycles. The van der Waals surface area contributed by atoms with Gasteiger partial charge in [-0.3, -0.25) is 0 Å². The van der Waals surface area contributed by atoms with Crippen LogP contribution >= 0.6 is 17.9 Å². The molecule has 2 aromatic carbocycles. The molecule has 3 heterocycles. The maximum atomic E-state index is 10.4. The molecule has 1 unspecified atom stereocenters. The Morgan fingerprint density at radius 3 is 2.52 bits per heavy atom. The molecular weight excluding hydrogens is 571 g/mol. The average molecular weight is 607 g/mol. The highest BCUT2D eigenvalue weighted by Gasteiger charge is 2.64. The highest BCUT2D eigenvalue weighted by Crippen LogP contribution is 2.62. The lowest BCUT2D eigenvalue weighted by molar-refractivity contribution is -0.114. The summed E-state index contributed by atoms with van der Waals surface area (Å²) in [6, 6.07) is 11.4. The quantitative estimate of drug-likeness (QED) is 0.266. The summed E-state index contributed by atoms with van der Waals surface area (Å²) in [5.41, 5.74) is -0.359. The van der Waals surface area contributed by atoms with Gasteiger partial charge in [0.05, 0.1) is 20.3 Å². The van der Waals surface area contributed by atoms with Crippen molar-refractivity contribution < 1.29 is 33.6 Å². The standard InChI is InChI=1S/C17H19NO3.C11H16NO4PS2/c1-18-7-6-17-10-3-5-13(20)16(17)21-15-12(19)4-2-9(14(15)17)8-11(10)18;1-13-10-2-4-11(5-3-10)15-17(18,19)16-12-6-8-14-9-7-12/h2-5,10-11,13,16,19-20H,6-8H2,1H3;2-5H,6-9H2,1H3,(H,18,19)/t10-,11+,13-,16-,17-;/m0./s1. The molecular formula is C28H35N2O7PS2. The maximum Gasteiger partial charge on any atom is 0.311 e. The number of methoxy groups -OCH3 is 1. The Morgan fingerprint density at radius 1 is 1.07 bits per heavy atom. The van der Waals surface area contributed by atoms with Crippen LogP contribution in [0.25, 0.3) is 0 Å². The smallest absolute Gasteiger partial charge is 0.311 e. The predicted molar refractivity (Wildman–Crippen MR) is 158 cm³/mol. The molecule has 2 fully saturated rings. The van der Waals surface area contributed by atoms with Gasteiger partial charge in [0.25, 0.3) is 0 Å². The summed E-state index contributed by atoms with van der Waals surface area (Å²) in [5.74, 6) is 2.57. The first-order valence-corrected chi connectivity index (χ1v) is 17.3. The first-order chi connectivity index (χ1) is 19.2. The SMILES string of the molecule is CN1CC[C@]23c4c5ccc(O)c4O[C@H]2[C@@H](O)C=C[C@H]3[C@H]1C5.COc1ccc(OP(=S)(S)ON2CCOCC2)cc1. The fraction of sp³-hybridized carbons (Fsp3) is 0.500. The van der Waals surface area contributed by atoms with Crippen LogP contribution in [0.4, 0.5) is 0 Å². The van der Waals surface area contributed by atoms with Gasteiger partial charge in [-0.15, -0.1) is 0 Å². The van der Waals surface area contributed by atoms with Gasteiger partial charge in [-0.1, -0.05) is 30.5 Å². The lowest BCUT2D eigenvalue weighted by Crippen LogP contribution is -2.64. The van der Waals surface area contributed by atoms with E-state index >= 15 is 0 Å². The number of hydrogen-bond donors (Lipinski definition) is 3. The van der Waals surface area contributed by atoms with Crippen LogP contribution in [0.5, 0.6) is 23.0 Å². The second-order valence-corrected chi connectivity index (χ2v) is 15.9. The van der Waals surface area contributed by atoms with E-state index in [1.165, 1.54) is 11.1 Å². The molecule has 12 heteroatoms. The third kappa shape index (κ3) is 5.05. The number of rotatable bonds is 5. The van der Waals surface area contributed by atoms with E-state index in [0.29, 0.717) is 49.8 Å². The molecule has 0 aromatic heterocycles. The van der Waals surface area contributed by atoms with E-state index in [1.807, 2.05) is 12.1 Å². The molecule has 40 heavy (non-hydrogen) atoms. The number of likely N-dealkylation sites (tertiary alicyclic amines) is 1. The molecule has 0 saturated carbocycles. The zero-order valence-corrected chi connectivity index (χ0v) is 25.1. The van der Waals surface area contributed by atoms with Gasteiger partial charge >= 0.3 is 5.69 Å². The highest BCUT2D eigenvalue weighted by molar-refractivity contribution is 8.60. The summed E-state index contributed by atoms with van der Waals surface area (Å²) >= 11 is 9.61. The van der Waals surface area contributed by atoms with E-state index in [-0.39, 0.29) is 17.3 Å². The van der Waals surface area contributed by atoms with Gasteiger partial charge in [-0.05, 0) is 74.1 Å². The van der Waals surface area contributed by atoms with Crippen LogP contribution < -0.4 is 14.0 Å². The van der Waals surface area contributed by atoms with E-state index in [4.69, 9.17) is 35.2 Å². The van der Waals surface area contributed by atoms with E-state index in [9.17, 15) is 10.2 Å². The summed E-state index contributed by atoms with van der Waals surface area (Å²) in [6.45, 7) is 3.61. The number of phenolic OH excluding ortho intramolecular Hbond substituents is 1. The van der Waals surface area contributed by atoms with Crippen LogP contribution in [0.1, 0.15) is 17.5 Å². The predicted octanol–water partition coefficient (Wildman–Crippen LogP) is 3.69. The number of phenols is 1. The minimum Gasteiger partial charge on any atom is -0.504 e. The maximum absolute atomic E-state index is 10.4. The van der Waals surface area contributed by atoms with Gasteiger partial charge in [0.1, 0.15) is 23.7 Å². The van der Waals surface area contributed by atoms with Gasteiger partial charge in [0.15, 0.2) is 11.5 Å². The number of aliphatic hydroxyl groups excluding tert-OH is 1. The zero-order valence-electron chi connectivity index (χ0n) is 22.5. The van der Waals surface area contributed by atoms with Crippen molar-refractivity contribution in [2.45, 2.75) is 36.5 Å². The molecule has 5 aliphatic rings. The van der Waals surface area contributed by atoms with Gasteiger partial charge in [-0.25, -0.2) is 4.62 Å². The molecule has 6 atom stereocenters. The largest absolute Gasteiger partial charge is 0.504 e. The number of thiol groups is 1. The summed E-state index contributed by atoms with van der Waals surface area (Å²) in [6.07, 6.45) is 5.18. The molecule has 1 spiro atoms. The number of hydrogen-bond acceptors (Lipinski definition) is 10. The Kier molecular flexibility index (Phi) is 7.86. The molecule has 2 N–H and O–H groups in total. The second kappa shape index (κ2) is 11.1. The molecule has 216 valence electrons. The van der Waals surface area contributed by atoms with Crippen LogP contribution in [-0.2, 0) is 33.0 Å². The Labute approximate surface area is 244 Å². The van der Waals surface area contributed by atoms with Crippen molar-refractivity contribution >= 4 is 29.7 Å². The molecule has 9 nitrogen and oxygen atoms in total. The van der Waals surface area contributed by atoms with Crippen molar-refractivity contribution in [3.63, 3.8) is 0 Å². The minimum atomic E-state index is -2.65. The van der Waals surface area contributed by atoms with Gasteiger partial charge in [-0.2, -0.15) is 5.06 Å². The topological polar surface area (TPSA) is 93.1 Å². The number of aliphatic hydroxyl groups is 1. The minimum absolute atomic E-state index is 0.160. The summed E-state index contributed by atoms with van der Waals surface area (Å²) in [7, 11) is 3.80. The second-order valence-electron chi connectivity index (χ2n) is 10.8. The Hall–Kier alpha value is -1.82. The van der Waals surface area contributed by atoms with Crippen LogP contribution in [-0.4, -0.2) is 85.4 Å². The molecule has 7 rings (SSSR count). The molecule has 0 radical (unpaired) electrons. The van der Waals surface area contributed by atoms with E-state index in [1.54, 1.807) is 42.5 Å². The first-order valence-electron chi connectivity index (χ1n) is 13.5. The zero-order chi connectivity index (χ0) is 28.1. The number of likely N-dealkylation sites (N-methyl/N-ethyl adjacent to an activating group) is 1. The van der Waals surface area contributed by atoms with Crippen LogP contribution in [0.15, 0.2) is 48.6 Å². The van der Waals surface area contributed by atoms with Crippen LogP contribution in [0, 0.1) is 5.92 Å². The molecule has 2 aromatic rings. The monoisotopic (exact) mass is 606 g/mol. The summed E-state index contributed by atoms with van der Waals surface area (Å²) in [5, 5.41) is 22.4. The lowest BCUT2D eigenvalue weighted by Gasteiger charge is -2.56. The first kappa shape index (κ1) is 28.3. The van der Waals surface area contributed by atoms with E-state index < -0.39 is 11.8 Å². The fourth-order valence-corrected chi connectivity index (χ4v) is 8.81. The number of nitrogens with zero attached hydrogens (tertiary/aromatic N) is 2. The lowest BCUT2D eigenvalue weighted by atomic mass is 9.53. The third-order valence-corrected chi connectivity index (χ3v) is 10.4. The van der Waals surface area contributed by atoms with Crippen molar-refractivity contribution in [3.8, 4) is 23.0 Å². The summed E-state index contributed by atoms with van der Waals surface area (Å²) in [4.78, 5) is 2.43. The number of piperidine rings is 1. The Balaban J connectivity index is 0.000000146. The van der Waals surface area contributed by atoms with Crippen LogP contribution in [0.2, 0.25) is 0 Å². The summed E-state index contributed by atoms with van der Waals surface area (Å²) < 4.78 is 27.7. The van der Waals surface area contributed by atoms with Gasteiger partial charge < -0.3 is 33.8 Å². The number of benzene rings is 2. The molecule has 2 bridgehead atoms. The third-order valence-electron chi connectivity index (χ3n) is 8.62. The van der Waals surface area contributed by atoms with Crippen molar-refractivity contribution in [2.75, 3.05) is 47.0 Å². The van der Waals surface area contributed by atoms with E-state index in [2.05, 4.69) is 30.3 Å². The van der Waals surface area contributed by atoms with Gasteiger partial charge in [0.2, 0.25) is 0 Å². The van der Waals surface area contributed by atoms with Crippen molar-refractivity contribution in [1.82, 2.24) is 9.96 Å². The average Bonchev–Trinajstić information content (AvgIpc) is 3.30. The van der Waals surface area contributed by atoms with Crippen molar-refractivity contribution in [1.29, 1.82) is 0 Å². The highest BCUT2D eigenvalue weighted by atomic mass is 32.9. The van der Waals surface area contributed by atoms with Crippen molar-refractivity contribution in [3.05, 3.63) is 59.7 Å². The number of ether oxygens (including phenoxy) is 3. The van der Waals surface area contributed by atoms with Gasteiger partial charge in [0, 0.05) is 36.0 Å². The molecule has 0 amide bonds. The number of morpholine rings is 1. The van der Waals surface area contributed by atoms with Crippen LogP contribution in [0.3, 0.4) is 0 Å². The Bertz CT molecular complexity index is 1320. The van der Waals surface area contributed by atoms with E-state index in [0.717, 1.165) is 25.1 Å². The number of aromatic hydroxyl groups is 1. The number of hydroxylamine groups is 2. The molecule has 3 aliphatic heterocycles. The fourth-order valence-electron chi connectivity index (χ4n) is 6.80. The van der Waals surface area contributed by atoms with Crippen molar-refractivity contribution in [2.24, 2.45) is 5.92 Å². The Morgan fingerprint density at radius 2 is 1.80 bits per heavy atom. The normalized spacial score (nSPS) is 31.7. The molecule has 2 aliphatic carbocycles.